The SMILES string of the molecule is COc1cc(C)c(C)cc1S(=O)(=O)N1CCC2(CC1)C(=O)N(C)C(=O)N2C. The number of piperidine rings is 1. The number of likely N-dealkylation sites (N-methyl/N-ethyl adjacent to an activating group) is 2. The number of aryl methyl sites for hydroxylation is 2. The van der Waals surface area contributed by atoms with Gasteiger partial charge in [-0.1, -0.05) is 0 Å². The average molecular weight is 395 g/mol. The van der Waals surface area contributed by atoms with Gasteiger partial charge in [0.15, 0.2) is 0 Å². The molecule has 148 valence electrons. The van der Waals surface area contributed by atoms with Gasteiger partial charge in [0, 0.05) is 27.2 Å². The molecule has 0 atom stereocenters. The van der Waals surface area contributed by atoms with E-state index in [0.717, 1.165) is 16.0 Å². The molecule has 2 saturated heterocycles. The molecule has 3 amide bonds. The fourth-order valence-electron chi connectivity index (χ4n) is 3.86. The van der Waals surface area contributed by atoms with E-state index < -0.39 is 15.6 Å². The van der Waals surface area contributed by atoms with Gasteiger partial charge in [-0.2, -0.15) is 4.31 Å². The Morgan fingerprint density at radius 3 is 2.07 bits per heavy atom. The minimum atomic E-state index is -3.77. The highest BCUT2D eigenvalue weighted by Gasteiger charge is 2.56. The molecule has 1 spiro atoms. The normalized spacial score (nSPS) is 20.6. The van der Waals surface area contributed by atoms with Gasteiger partial charge in [0.2, 0.25) is 10.0 Å². The summed E-state index contributed by atoms with van der Waals surface area (Å²) in [5.74, 6) is 0.0400. The van der Waals surface area contributed by atoms with Crippen molar-refractivity contribution in [3.05, 3.63) is 23.3 Å². The van der Waals surface area contributed by atoms with Crippen LogP contribution in [0.4, 0.5) is 4.79 Å². The quantitative estimate of drug-likeness (QED) is 0.721. The standard InChI is InChI=1S/C18H25N3O5S/c1-12-10-14(26-5)15(11-13(12)2)27(24,25)21-8-6-18(7-9-21)16(22)19(3)17(23)20(18)4/h10-11H,6-9H2,1-5H3. The predicted octanol–water partition coefficient (Wildman–Crippen LogP) is 1.36. The number of hydrogen-bond donors (Lipinski definition) is 0. The lowest BCUT2D eigenvalue weighted by molar-refractivity contribution is -0.133. The Morgan fingerprint density at radius 2 is 1.59 bits per heavy atom. The zero-order chi connectivity index (χ0) is 20.1. The average Bonchev–Trinajstić information content (AvgIpc) is 2.80. The summed E-state index contributed by atoms with van der Waals surface area (Å²) in [6.45, 7) is 4.08. The number of carbonyl (C=O) groups excluding carboxylic acids is 2. The van der Waals surface area contributed by atoms with E-state index in [1.165, 1.54) is 23.4 Å². The van der Waals surface area contributed by atoms with Gasteiger partial charge in [0.05, 0.1) is 7.11 Å². The lowest BCUT2D eigenvalue weighted by Crippen LogP contribution is -2.56. The predicted molar refractivity (Wildman–Crippen MR) is 99.1 cm³/mol. The van der Waals surface area contributed by atoms with Crippen LogP contribution in [0, 0.1) is 13.8 Å². The third-order valence-electron chi connectivity index (χ3n) is 5.87. The second-order valence-electron chi connectivity index (χ2n) is 7.23. The number of nitrogens with zero attached hydrogens (tertiary/aromatic N) is 3. The van der Waals surface area contributed by atoms with Crippen LogP contribution in [-0.2, 0) is 14.8 Å². The number of sulfonamides is 1. The highest BCUT2D eigenvalue weighted by Crippen LogP contribution is 2.38. The van der Waals surface area contributed by atoms with Gasteiger partial charge in [-0.25, -0.2) is 13.2 Å². The van der Waals surface area contributed by atoms with Crippen LogP contribution >= 0.6 is 0 Å². The van der Waals surface area contributed by atoms with E-state index in [1.807, 2.05) is 13.8 Å². The van der Waals surface area contributed by atoms with E-state index in [2.05, 4.69) is 0 Å². The molecule has 0 aromatic heterocycles. The molecule has 9 heteroatoms. The third-order valence-corrected chi connectivity index (χ3v) is 7.79. The molecule has 2 aliphatic rings. The van der Waals surface area contributed by atoms with Gasteiger partial charge in [-0.3, -0.25) is 9.69 Å². The van der Waals surface area contributed by atoms with E-state index in [-0.39, 0.29) is 42.8 Å². The maximum atomic E-state index is 13.2. The Kier molecular flexibility index (Phi) is 4.72. The number of imide groups is 1. The first-order valence-electron chi connectivity index (χ1n) is 8.77. The van der Waals surface area contributed by atoms with E-state index in [4.69, 9.17) is 4.74 Å². The summed E-state index contributed by atoms with van der Waals surface area (Å²) in [4.78, 5) is 27.4. The number of benzene rings is 1. The van der Waals surface area contributed by atoms with Gasteiger partial charge in [-0.05, 0) is 49.9 Å². The Balaban J connectivity index is 1.89. The van der Waals surface area contributed by atoms with Crippen molar-refractivity contribution in [2.24, 2.45) is 0 Å². The van der Waals surface area contributed by atoms with Crippen molar-refractivity contribution in [2.75, 3.05) is 34.3 Å². The van der Waals surface area contributed by atoms with Crippen LogP contribution in [0.1, 0.15) is 24.0 Å². The minimum Gasteiger partial charge on any atom is -0.495 e. The second-order valence-corrected chi connectivity index (χ2v) is 9.14. The summed E-state index contributed by atoms with van der Waals surface area (Å²) in [5, 5.41) is 0. The highest BCUT2D eigenvalue weighted by molar-refractivity contribution is 7.89. The molecule has 8 nitrogen and oxygen atoms in total. The molecule has 0 N–H and O–H groups in total. The van der Waals surface area contributed by atoms with Crippen molar-refractivity contribution >= 4 is 22.0 Å². The smallest absolute Gasteiger partial charge is 0.327 e. The number of hydrogen-bond acceptors (Lipinski definition) is 5. The molecule has 2 fully saturated rings. The van der Waals surface area contributed by atoms with Gasteiger partial charge in [0.1, 0.15) is 16.2 Å². The van der Waals surface area contributed by atoms with Gasteiger partial charge < -0.3 is 9.64 Å². The molecule has 0 unspecified atom stereocenters. The number of urea groups is 1. The lowest BCUT2D eigenvalue weighted by atomic mass is 9.87. The van der Waals surface area contributed by atoms with E-state index in [1.54, 1.807) is 19.2 Å². The second kappa shape index (κ2) is 6.49. The summed E-state index contributed by atoms with van der Waals surface area (Å²) < 4.78 is 33.1. The Hall–Kier alpha value is -2.13. The molecular weight excluding hydrogens is 370 g/mol. The Morgan fingerprint density at radius 1 is 1.04 bits per heavy atom. The van der Waals surface area contributed by atoms with Crippen LogP contribution in [0.15, 0.2) is 17.0 Å². The summed E-state index contributed by atoms with van der Waals surface area (Å²) in [5.41, 5.74) is 0.856. The molecule has 3 rings (SSSR count). The van der Waals surface area contributed by atoms with E-state index >= 15 is 0 Å². The molecular formula is C18H25N3O5S. The molecule has 1 aromatic rings. The largest absolute Gasteiger partial charge is 0.495 e. The summed E-state index contributed by atoms with van der Waals surface area (Å²) >= 11 is 0. The maximum absolute atomic E-state index is 13.2. The van der Waals surface area contributed by atoms with Crippen molar-refractivity contribution in [1.29, 1.82) is 0 Å². The molecule has 0 radical (unpaired) electrons. The van der Waals surface area contributed by atoms with Crippen LogP contribution in [-0.4, -0.2) is 74.3 Å². The number of ether oxygens (including phenoxy) is 1. The highest BCUT2D eigenvalue weighted by atomic mass is 32.2. The number of amides is 3. The first-order valence-corrected chi connectivity index (χ1v) is 10.2. The first kappa shape index (κ1) is 19.6. The third kappa shape index (κ3) is 2.80. The molecule has 2 aliphatic heterocycles. The zero-order valence-corrected chi connectivity index (χ0v) is 17.1. The van der Waals surface area contributed by atoms with E-state index in [0.29, 0.717) is 5.75 Å². The summed E-state index contributed by atoms with van der Waals surface area (Å²) in [7, 11) is 0.729. The van der Waals surface area contributed by atoms with Crippen LogP contribution in [0.2, 0.25) is 0 Å². The Bertz CT molecular complexity index is 904. The number of rotatable bonds is 3. The van der Waals surface area contributed by atoms with Crippen molar-refractivity contribution in [1.82, 2.24) is 14.1 Å². The van der Waals surface area contributed by atoms with E-state index in [9.17, 15) is 18.0 Å². The van der Waals surface area contributed by atoms with Gasteiger partial charge in [0.25, 0.3) is 5.91 Å². The molecule has 1 aromatic carbocycles. The van der Waals surface area contributed by atoms with Crippen molar-refractivity contribution in [2.45, 2.75) is 37.1 Å². The molecule has 27 heavy (non-hydrogen) atoms. The molecule has 0 saturated carbocycles. The number of methoxy groups -OCH3 is 1. The van der Waals surface area contributed by atoms with Gasteiger partial charge >= 0.3 is 6.03 Å². The Labute approximate surface area is 159 Å². The van der Waals surface area contributed by atoms with Crippen LogP contribution in [0.25, 0.3) is 0 Å². The monoisotopic (exact) mass is 395 g/mol. The maximum Gasteiger partial charge on any atom is 0.327 e. The first-order chi connectivity index (χ1) is 12.6. The summed E-state index contributed by atoms with van der Waals surface area (Å²) in [6.07, 6.45) is 0.537. The minimum absolute atomic E-state index is 0.128. The molecule has 0 aliphatic carbocycles. The van der Waals surface area contributed by atoms with Crippen molar-refractivity contribution in [3.63, 3.8) is 0 Å². The molecule has 0 bridgehead atoms. The van der Waals surface area contributed by atoms with Gasteiger partial charge in [-0.15, -0.1) is 0 Å². The van der Waals surface area contributed by atoms with Crippen LogP contribution in [0.5, 0.6) is 5.75 Å². The van der Waals surface area contributed by atoms with Crippen molar-refractivity contribution < 1.29 is 22.7 Å². The fourth-order valence-corrected chi connectivity index (χ4v) is 5.52. The topological polar surface area (TPSA) is 87.2 Å². The molecule has 2 heterocycles. The van der Waals surface area contributed by atoms with Crippen LogP contribution < -0.4 is 4.74 Å². The number of carbonyl (C=O) groups is 2. The summed E-state index contributed by atoms with van der Waals surface area (Å²) in [6, 6.07) is 2.99. The lowest BCUT2D eigenvalue weighted by Gasteiger charge is -2.40. The van der Waals surface area contributed by atoms with Crippen LogP contribution in [0.3, 0.4) is 0 Å². The van der Waals surface area contributed by atoms with Crippen molar-refractivity contribution in [3.8, 4) is 5.75 Å². The fraction of sp³-hybridized carbons (Fsp3) is 0.556. The zero-order valence-electron chi connectivity index (χ0n) is 16.3.